The van der Waals surface area contributed by atoms with E-state index in [1.165, 1.54) is 25.7 Å². The van der Waals surface area contributed by atoms with Crippen LogP contribution in [0.3, 0.4) is 0 Å². The average molecular weight is 134 g/mol. The van der Waals surface area contributed by atoms with Gasteiger partial charge in [0.1, 0.15) is 0 Å². The fourth-order valence-corrected chi connectivity index (χ4v) is 0.500. The summed E-state index contributed by atoms with van der Waals surface area (Å²) >= 11 is 0. The predicted octanol–water partition coefficient (Wildman–Crippen LogP) is 2.79. The summed E-state index contributed by atoms with van der Waals surface area (Å²) in [6.07, 6.45) is 5.54. The van der Waals surface area contributed by atoms with Crippen molar-refractivity contribution in [1.82, 2.24) is 0 Å². The van der Waals surface area contributed by atoms with Gasteiger partial charge >= 0.3 is 0 Å². The van der Waals surface area contributed by atoms with Gasteiger partial charge in [-0.2, -0.15) is 0 Å². The van der Waals surface area contributed by atoms with Crippen molar-refractivity contribution in [2.45, 2.75) is 53.4 Å². The zero-order valence-electron chi connectivity index (χ0n) is 7.33. The van der Waals surface area contributed by atoms with Crippen LogP contribution in [0.1, 0.15) is 53.4 Å². The Morgan fingerprint density at radius 3 is 1.11 bits per heavy atom. The molecule has 0 unspecified atom stereocenters. The molecule has 0 radical (unpaired) electrons. The van der Waals surface area contributed by atoms with E-state index in [9.17, 15) is 0 Å². The molecule has 0 rings (SSSR count). The topological polar surface area (TPSA) is 31.5 Å². The van der Waals surface area contributed by atoms with Gasteiger partial charge in [0.25, 0.3) is 0 Å². The van der Waals surface area contributed by atoms with Crippen molar-refractivity contribution in [3.8, 4) is 0 Å². The second-order valence-corrected chi connectivity index (χ2v) is 1.71. The normalized spacial score (nSPS) is 6.67. The molecule has 1 heteroatoms. The molecule has 0 aromatic carbocycles. The van der Waals surface area contributed by atoms with Crippen molar-refractivity contribution < 1.29 is 5.48 Å². The minimum atomic E-state index is 0. The fraction of sp³-hybridized carbons (Fsp3) is 1.00. The second-order valence-electron chi connectivity index (χ2n) is 1.71. The van der Waals surface area contributed by atoms with Crippen molar-refractivity contribution in [3.63, 3.8) is 0 Å². The van der Waals surface area contributed by atoms with E-state index in [2.05, 4.69) is 13.8 Å². The Kier molecular flexibility index (Phi) is 43.7. The Hall–Kier alpha value is -0.0400. The molecule has 0 atom stereocenters. The standard InChI is InChI=1S/C6H14.C2H6.H2O/c1-3-5-6-4-2;1-2;/h3-6H2,1-2H3;1-2H3;1H2. The van der Waals surface area contributed by atoms with E-state index >= 15 is 0 Å². The van der Waals surface area contributed by atoms with Gasteiger partial charge < -0.3 is 5.48 Å². The summed E-state index contributed by atoms with van der Waals surface area (Å²) in [5, 5.41) is 0. The van der Waals surface area contributed by atoms with E-state index < -0.39 is 0 Å². The maximum absolute atomic E-state index is 2.23. The number of hydrogen-bond acceptors (Lipinski definition) is 0. The third-order valence-electron chi connectivity index (χ3n) is 0.957. The fourth-order valence-electron chi connectivity index (χ4n) is 0.500. The van der Waals surface area contributed by atoms with E-state index in [4.69, 9.17) is 0 Å². The maximum atomic E-state index is 2.23. The molecule has 0 fully saturated rings. The van der Waals surface area contributed by atoms with Gasteiger partial charge in [0.15, 0.2) is 0 Å². The zero-order valence-corrected chi connectivity index (χ0v) is 7.33. The smallest absolute Gasteiger partial charge is 0.0536 e. The predicted molar refractivity (Wildman–Crippen MR) is 44.8 cm³/mol. The van der Waals surface area contributed by atoms with E-state index in [0.29, 0.717) is 0 Å². The number of hydrogen-bond donors (Lipinski definition) is 0. The zero-order chi connectivity index (χ0) is 6.83. The van der Waals surface area contributed by atoms with Gasteiger partial charge in [-0.25, -0.2) is 0 Å². The van der Waals surface area contributed by atoms with Crippen LogP contribution in [0.4, 0.5) is 0 Å². The van der Waals surface area contributed by atoms with Gasteiger partial charge in [0.2, 0.25) is 0 Å². The summed E-state index contributed by atoms with van der Waals surface area (Å²) in [4.78, 5) is 0. The molecule has 60 valence electrons. The van der Waals surface area contributed by atoms with Gasteiger partial charge in [-0.3, -0.25) is 0 Å². The SMILES string of the molecule is CC.CCCCCC.O. The van der Waals surface area contributed by atoms with Crippen LogP contribution in [0.25, 0.3) is 0 Å². The van der Waals surface area contributed by atoms with Crippen molar-refractivity contribution in [2.24, 2.45) is 0 Å². The lowest BCUT2D eigenvalue weighted by molar-refractivity contribution is 0.702. The molecule has 0 amide bonds. The lowest BCUT2D eigenvalue weighted by Crippen LogP contribution is -1.66. The Morgan fingerprint density at radius 2 is 1.00 bits per heavy atom. The minimum Gasteiger partial charge on any atom is -0.412 e. The van der Waals surface area contributed by atoms with Crippen LogP contribution in [0, 0.1) is 0 Å². The van der Waals surface area contributed by atoms with E-state index in [1.807, 2.05) is 13.8 Å². The molecule has 1 nitrogen and oxygen atoms in total. The molecule has 0 aromatic heterocycles. The van der Waals surface area contributed by atoms with E-state index in [1.54, 1.807) is 0 Å². The molecule has 0 aromatic rings. The van der Waals surface area contributed by atoms with Crippen LogP contribution in [0.5, 0.6) is 0 Å². The van der Waals surface area contributed by atoms with E-state index in [-0.39, 0.29) is 5.48 Å². The summed E-state index contributed by atoms with van der Waals surface area (Å²) in [5.41, 5.74) is 0. The van der Waals surface area contributed by atoms with Crippen molar-refractivity contribution >= 4 is 0 Å². The largest absolute Gasteiger partial charge is 0.412 e. The van der Waals surface area contributed by atoms with Gasteiger partial charge in [-0.15, -0.1) is 0 Å². The number of rotatable bonds is 3. The quantitative estimate of drug-likeness (QED) is 0.532. The first kappa shape index (κ1) is 16.0. The summed E-state index contributed by atoms with van der Waals surface area (Å²) in [6, 6.07) is 0. The first-order chi connectivity index (χ1) is 3.91. The van der Waals surface area contributed by atoms with Crippen molar-refractivity contribution in [1.29, 1.82) is 0 Å². The van der Waals surface area contributed by atoms with Gasteiger partial charge in [0, 0.05) is 0 Å². The van der Waals surface area contributed by atoms with Gasteiger partial charge in [0.05, 0.1) is 0 Å². The molecule has 0 aliphatic carbocycles. The van der Waals surface area contributed by atoms with Crippen LogP contribution in [-0.2, 0) is 0 Å². The lowest BCUT2D eigenvalue weighted by atomic mass is 10.2. The van der Waals surface area contributed by atoms with Gasteiger partial charge in [-0.05, 0) is 0 Å². The average Bonchev–Trinajstić information content (AvgIpc) is 1.88. The lowest BCUT2D eigenvalue weighted by Gasteiger charge is -1.86. The van der Waals surface area contributed by atoms with Crippen LogP contribution in [0.2, 0.25) is 0 Å². The van der Waals surface area contributed by atoms with Crippen molar-refractivity contribution in [3.05, 3.63) is 0 Å². The Balaban J connectivity index is -0.000000109. The summed E-state index contributed by atoms with van der Waals surface area (Å²) < 4.78 is 0. The minimum absolute atomic E-state index is 0. The Bertz CT molecular complexity index is 16.5. The Labute approximate surface area is 59.8 Å². The van der Waals surface area contributed by atoms with E-state index in [0.717, 1.165) is 0 Å². The molecular weight excluding hydrogens is 112 g/mol. The molecule has 0 saturated carbocycles. The van der Waals surface area contributed by atoms with Crippen LogP contribution in [-0.4, -0.2) is 5.48 Å². The molecule has 0 aliphatic rings. The third-order valence-corrected chi connectivity index (χ3v) is 0.957. The van der Waals surface area contributed by atoms with Crippen LogP contribution < -0.4 is 0 Å². The molecular formula is C8H22O. The highest BCUT2D eigenvalue weighted by Crippen LogP contribution is 1.95. The Morgan fingerprint density at radius 1 is 0.778 bits per heavy atom. The highest BCUT2D eigenvalue weighted by Gasteiger charge is 1.75. The molecule has 2 N–H and O–H groups in total. The molecule has 0 saturated heterocycles. The second kappa shape index (κ2) is 24.6. The van der Waals surface area contributed by atoms with Crippen molar-refractivity contribution in [2.75, 3.05) is 0 Å². The first-order valence-electron chi connectivity index (χ1n) is 3.91. The number of unbranched alkanes of at least 4 members (excludes halogenated alkanes) is 3. The summed E-state index contributed by atoms with van der Waals surface area (Å²) in [7, 11) is 0. The summed E-state index contributed by atoms with van der Waals surface area (Å²) in [5.74, 6) is 0. The van der Waals surface area contributed by atoms with Crippen LogP contribution in [0.15, 0.2) is 0 Å². The monoisotopic (exact) mass is 134 g/mol. The third kappa shape index (κ3) is 32.3. The molecule has 0 spiro atoms. The molecule has 0 heterocycles. The molecule has 0 bridgehead atoms. The molecule has 0 aliphatic heterocycles. The van der Waals surface area contributed by atoms with Gasteiger partial charge in [-0.1, -0.05) is 53.4 Å². The highest BCUT2D eigenvalue weighted by molar-refractivity contribution is 4.31. The first-order valence-corrected chi connectivity index (χ1v) is 3.91. The highest BCUT2D eigenvalue weighted by atomic mass is 16.0. The summed E-state index contributed by atoms with van der Waals surface area (Å²) in [6.45, 7) is 8.46. The maximum Gasteiger partial charge on any atom is -0.0536 e. The van der Waals surface area contributed by atoms with Crippen LogP contribution >= 0.6 is 0 Å². The molecule has 9 heavy (non-hydrogen) atoms.